The third-order valence-electron chi connectivity index (χ3n) is 3.37. The molecule has 1 atom stereocenters. The van der Waals surface area contributed by atoms with E-state index < -0.39 is 0 Å². The number of oxime groups is 1. The molecular weight excluding hydrogens is 234 g/mol. The lowest BCUT2D eigenvalue weighted by atomic mass is 10.0. The minimum Gasteiger partial charge on any atom is -0.409 e. The Hall–Kier alpha value is -0.420. The van der Waals surface area contributed by atoms with Crippen LogP contribution in [0.1, 0.15) is 39.5 Å². The highest BCUT2D eigenvalue weighted by Crippen LogP contribution is 2.48. The Morgan fingerprint density at radius 2 is 2.29 bits per heavy atom. The van der Waals surface area contributed by atoms with Crippen LogP contribution >= 0.6 is 11.8 Å². The molecule has 0 heterocycles. The predicted molar refractivity (Wildman–Crippen MR) is 74.8 cm³/mol. The Balaban J connectivity index is 2.16. The number of nitrogens with zero attached hydrogens (tertiary/aromatic N) is 1. The van der Waals surface area contributed by atoms with Gasteiger partial charge in [0, 0.05) is 19.0 Å². The summed E-state index contributed by atoms with van der Waals surface area (Å²) < 4.78 is 0. The Labute approximate surface area is 108 Å². The fourth-order valence-electron chi connectivity index (χ4n) is 1.91. The van der Waals surface area contributed by atoms with Gasteiger partial charge in [-0.2, -0.15) is 11.8 Å². The van der Waals surface area contributed by atoms with Crippen LogP contribution in [0, 0.1) is 5.41 Å². The molecule has 17 heavy (non-hydrogen) atoms. The van der Waals surface area contributed by atoms with Gasteiger partial charge in [-0.3, -0.25) is 0 Å². The molecule has 0 bridgehead atoms. The van der Waals surface area contributed by atoms with Gasteiger partial charge in [-0.05, 0) is 43.1 Å². The zero-order chi connectivity index (χ0) is 12.7. The maximum atomic E-state index is 8.59. The monoisotopic (exact) mass is 259 g/mol. The van der Waals surface area contributed by atoms with E-state index in [1.54, 1.807) is 0 Å². The molecular formula is C12H25N3OS. The fourth-order valence-corrected chi connectivity index (χ4v) is 2.72. The van der Waals surface area contributed by atoms with Crippen LogP contribution in [0.5, 0.6) is 0 Å². The number of rotatable bonds is 9. The summed E-state index contributed by atoms with van der Waals surface area (Å²) in [4.78, 5) is 0. The topological polar surface area (TPSA) is 70.6 Å². The van der Waals surface area contributed by atoms with Crippen molar-refractivity contribution in [3.63, 3.8) is 0 Å². The first-order valence-corrected chi connectivity index (χ1v) is 7.55. The average molecular weight is 259 g/mol. The number of hydrogen-bond acceptors (Lipinski definition) is 4. The van der Waals surface area contributed by atoms with Crippen molar-refractivity contribution in [2.45, 2.75) is 45.6 Å². The molecule has 0 aliphatic heterocycles. The summed E-state index contributed by atoms with van der Waals surface area (Å²) in [5.74, 6) is 2.77. The maximum Gasteiger partial charge on any atom is 0.139 e. The second-order valence-electron chi connectivity index (χ2n) is 5.04. The molecule has 0 saturated heterocycles. The third-order valence-corrected chi connectivity index (χ3v) is 4.30. The lowest BCUT2D eigenvalue weighted by molar-refractivity contribution is 0.313. The summed E-state index contributed by atoms with van der Waals surface area (Å²) in [6, 6.07) is 0.554. The molecule has 1 aliphatic carbocycles. The van der Waals surface area contributed by atoms with Crippen molar-refractivity contribution < 1.29 is 5.21 Å². The van der Waals surface area contributed by atoms with Crippen molar-refractivity contribution in [3.05, 3.63) is 0 Å². The molecule has 0 aromatic rings. The van der Waals surface area contributed by atoms with Gasteiger partial charge in [-0.1, -0.05) is 12.1 Å². The van der Waals surface area contributed by atoms with Gasteiger partial charge in [0.05, 0.1) is 0 Å². The van der Waals surface area contributed by atoms with E-state index >= 15 is 0 Å². The minimum absolute atomic E-state index is 0.266. The van der Waals surface area contributed by atoms with Crippen LogP contribution in [0.4, 0.5) is 0 Å². The van der Waals surface area contributed by atoms with Crippen molar-refractivity contribution in [1.29, 1.82) is 0 Å². The number of thioether (sulfide) groups is 1. The highest BCUT2D eigenvalue weighted by atomic mass is 32.2. The van der Waals surface area contributed by atoms with Gasteiger partial charge < -0.3 is 16.3 Å². The molecule has 0 aromatic carbocycles. The van der Waals surface area contributed by atoms with Crippen LogP contribution in [0.15, 0.2) is 5.16 Å². The molecule has 0 aromatic heterocycles. The zero-order valence-electron chi connectivity index (χ0n) is 10.9. The number of hydrogen-bond donors (Lipinski definition) is 3. The van der Waals surface area contributed by atoms with Crippen molar-refractivity contribution in [2.24, 2.45) is 16.3 Å². The maximum absolute atomic E-state index is 8.59. The molecule has 1 rings (SSSR count). The van der Waals surface area contributed by atoms with Crippen LogP contribution < -0.4 is 11.1 Å². The van der Waals surface area contributed by atoms with Gasteiger partial charge in [-0.25, -0.2) is 0 Å². The number of nitrogens with two attached hydrogens (primary N) is 1. The summed E-state index contributed by atoms with van der Waals surface area (Å²) in [5, 5.41) is 15.2. The van der Waals surface area contributed by atoms with Crippen molar-refractivity contribution in [1.82, 2.24) is 5.32 Å². The normalized spacial score (nSPS) is 20.2. The van der Waals surface area contributed by atoms with Gasteiger partial charge >= 0.3 is 0 Å². The van der Waals surface area contributed by atoms with E-state index in [2.05, 4.69) is 24.3 Å². The largest absolute Gasteiger partial charge is 0.409 e. The summed E-state index contributed by atoms with van der Waals surface area (Å²) in [7, 11) is 0. The summed E-state index contributed by atoms with van der Waals surface area (Å²) >= 11 is 1.99. The van der Waals surface area contributed by atoms with Gasteiger partial charge in [0.2, 0.25) is 0 Å². The van der Waals surface area contributed by atoms with Crippen molar-refractivity contribution >= 4 is 17.6 Å². The molecule has 4 nitrogen and oxygen atoms in total. The predicted octanol–water partition coefficient (Wildman–Crippen LogP) is 2.02. The summed E-state index contributed by atoms with van der Waals surface area (Å²) in [6.07, 6.45) is 4.30. The van der Waals surface area contributed by atoms with Crippen molar-refractivity contribution in [2.75, 3.05) is 18.1 Å². The Morgan fingerprint density at radius 3 is 2.82 bits per heavy atom. The van der Waals surface area contributed by atoms with E-state index in [9.17, 15) is 0 Å². The number of nitrogens with one attached hydrogen (secondary N) is 1. The zero-order valence-corrected chi connectivity index (χ0v) is 11.7. The molecule has 1 unspecified atom stereocenters. The third kappa shape index (κ3) is 5.64. The average Bonchev–Trinajstić information content (AvgIpc) is 3.07. The van der Waals surface area contributed by atoms with Gasteiger partial charge in [-0.15, -0.1) is 0 Å². The molecule has 1 aliphatic rings. The standard InChI is InChI=1S/C12H25N3OS/c1-3-17-7-4-10(2)14-9-12(5-6-12)8-11(13)15-16/h10,14,16H,3-9H2,1-2H3,(H2,13,15). The van der Waals surface area contributed by atoms with Crippen molar-refractivity contribution in [3.8, 4) is 0 Å². The van der Waals surface area contributed by atoms with E-state index in [0.717, 1.165) is 6.54 Å². The Morgan fingerprint density at radius 1 is 1.59 bits per heavy atom. The molecule has 0 amide bonds. The van der Waals surface area contributed by atoms with Gasteiger partial charge in [0.25, 0.3) is 0 Å². The van der Waals surface area contributed by atoms with Crippen LogP contribution in [0.25, 0.3) is 0 Å². The van der Waals surface area contributed by atoms with Crippen LogP contribution in [0.2, 0.25) is 0 Å². The van der Waals surface area contributed by atoms with Crippen LogP contribution in [0.3, 0.4) is 0 Å². The van der Waals surface area contributed by atoms with E-state index in [0.29, 0.717) is 18.3 Å². The second kappa shape index (κ2) is 7.11. The first kappa shape index (κ1) is 14.6. The molecule has 100 valence electrons. The Kier molecular flexibility index (Phi) is 6.12. The highest BCUT2D eigenvalue weighted by molar-refractivity contribution is 7.99. The summed E-state index contributed by atoms with van der Waals surface area (Å²) in [6.45, 7) is 5.41. The molecule has 4 N–H and O–H groups in total. The van der Waals surface area contributed by atoms with Crippen LogP contribution in [-0.2, 0) is 0 Å². The molecule has 0 spiro atoms. The first-order chi connectivity index (χ1) is 8.12. The SMILES string of the molecule is CCSCCC(C)NCC1(CC(N)=NO)CC1. The lowest BCUT2D eigenvalue weighted by Gasteiger charge is -2.19. The van der Waals surface area contributed by atoms with E-state index in [-0.39, 0.29) is 5.41 Å². The highest BCUT2D eigenvalue weighted by Gasteiger charge is 2.43. The minimum atomic E-state index is 0.266. The molecule has 5 heteroatoms. The quantitative estimate of drug-likeness (QED) is 0.195. The molecule has 1 fully saturated rings. The molecule has 1 saturated carbocycles. The summed E-state index contributed by atoms with van der Waals surface area (Å²) in [5.41, 5.74) is 5.84. The van der Waals surface area contributed by atoms with Gasteiger partial charge in [0.1, 0.15) is 5.84 Å². The first-order valence-electron chi connectivity index (χ1n) is 6.39. The van der Waals surface area contributed by atoms with E-state index in [1.165, 1.54) is 30.8 Å². The number of amidine groups is 1. The Bertz CT molecular complexity index is 254. The molecule has 0 radical (unpaired) electrons. The van der Waals surface area contributed by atoms with E-state index in [4.69, 9.17) is 10.9 Å². The lowest BCUT2D eigenvalue weighted by Crippen LogP contribution is -2.34. The van der Waals surface area contributed by atoms with E-state index in [1.807, 2.05) is 11.8 Å². The van der Waals surface area contributed by atoms with Crippen LogP contribution in [-0.4, -0.2) is 35.1 Å². The smallest absolute Gasteiger partial charge is 0.139 e. The second-order valence-corrected chi connectivity index (χ2v) is 6.43. The van der Waals surface area contributed by atoms with Gasteiger partial charge in [0.15, 0.2) is 0 Å². The fraction of sp³-hybridized carbons (Fsp3) is 0.917.